The summed E-state index contributed by atoms with van der Waals surface area (Å²) in [5.41, 5.74) is 7.66. The normalized spacial score (nSPS) is 11.3. The van der Waals surface area contributed by atoms with Crippen molar-refractivity contribution in [1.82, 2.24) is 10.3 Å². The number of nitrogen functional groups attached to an aromatic ring is 1. The van der Waals surface area contributed by atoms with Gasteiger partial charge in [0.2, 0.25) is 5.90 Å². The summed E-state index contributed by atoms with van der Waals surface area (Å²) in [6, 6.07) is 10.6. The number of hydrogen-bond donors (Lipinski definition) is 5. The molecule has 1 aromatic carbocycles. The molecule has 8 nitrogen and oxygen atoms in total. The molecule has 0 aliphatic heterocycles. The number of carbonyl (C=O) groups is 1. The molecule has 2 amide bonds. The summed E-state index contributed by atoms with van der Waals surface area (Å²) in [6.45, 7) is 4.37. The van der Waals surface area contributed by atoms with Gasteiger partial charge in [-0.25, -0.2) is 9.78 Å². The van der Waals surface area contributed by atoms with Gasteiger partial charge in [0.25, 0.3) is 0 Å². The minimum Gasteiger partial charge on any atom is -0.481 e. The fourth-order valence-electron chi connectivity index (χ4n) is 2.44. The van der Waals surface area contributed by atoms with E-state index < -0.39 is 6.03 Å². The lowest BCUT2D eigenvalue weighted by molar-refractivity contribution is 0.249. The quantitative estimate of drug-likeness (QED) is 0.402. The molecule has 0 saturated heterocycles. The van der Waals surface area contributed by atoms with Crippen molar-refractivity contribution < 1.29 is 9.53 Å². The van der Waals surface area contributed by atoms with E-state index in [1.54, 1.807) is 0 Å². The second-order valence-corrected chi connectivity index (χ2v) is 5.61. The maximum Gasteiger partial charge on any atom is 0.320 e. The van der Waals surface area contributed by atoms with Gasteiger partial charge < -0.3 is 21.1 Å². The molecule has 0 spiro atoms. The molecule has 1 aromatic heterocycles. The molecule has 138 valence electrons. The topological polar surface area (TPSA) is 125 Å². The van der Waals surface area contributed by atoms with Crippen molar-refractivity contribution in [1.29, 1.82) is 5.41 Å². The Morgan fingerprint density at radius 2 is 2.04 bits per heavy atom. The molecule has 0 aliphatic carbocycles. The summed E-state index contributed by atoms with van der Waals surface area (Å²) >= 11 is 0. The fourth-order valence-corrected chi connectivity index (χ4v) is 2.44. The number of nitrogens with two attached hydrogens (primary N) is 1. The van der Waals surface area contributed by atoms with Gasteiger partial charge in [-0.05, 0) is 19.4 Å². The summed E-state index contributed by atoms with van der Waals surface area (Å²) in [6.07, 6.45) is 0. The largest absolute Gasteiger partial charge is 0.481 e. The van der Waals surface area contributed by atoms with Gasteiger partial charge in [0.15, 0.2) is 0 Å². The Hall–Kier alpha value is -3.29. The molecule has 0 bridgehead atoms. The van der Waals surface area contributed by atoms with Gasteiger partial charge >= 0.3 is 6.03 Å². The number of urea groups is 1. The predicted octanol–water partition coefficient (Wildman–Crippen LogP) is 2.95. The number of carbonyl (C=O) groups excluding carboxylic acids is 1. The van der Waals surface area contributed by atoms with Gasteiger partial charge in [-0.3, -0.25) is 10.7 Å². The van der Waals surface area contributed by atoms with E-state index in [0.29, 0.717) is 17.9 Å². The van der Waals surface area contributed by atoms with Crippen molar-refractivity contribution in [2.24, 2.45) is 0 Å². The number of rotatable bonds is 6. The Bertz CT molecular complexity index is 779. The van der Waals surface area contributed by atoms with Crippen LogP contribution >= 0.6 is 0 Å². The van der Waals surface area contributed by atoms with Crippen LogP contribution in [0.4, 0.5) is 22.1 Å². The third kappa shape index (κ3) is 4.62. The van der Waals surface area contributed by atoms with E-state index in [1.807, 2.05) is 44.2 Å². The number of pyridine rings is 1. The van der Waals surface area contributed by atoms with E-state index in [1.165, 1.54) is 13.2 Å². The summed E-state index contributed by atoms with van der Waals surface area (Å²) in [7, 11) is 1.39. The number of benzene rings is 1. The molecule has 2 aromatic rings. The Morgan fingerprint density at radius 1 is 1.35 bits per heavy atom. The number of aromatic nitrogens is 1. The second kappa shape index (κ2) is 8.70. The molecule has 8 heteroatoms. The predicted molar refractivity (Wildman–Crippen MR) is 104 cm³/mol. The van der Waals surface area contributed by atoms with Gasteiger partial charge in [0.1, 0.15) is 17.2 Å². The van der Waals surface area contributed by atoms with E-state index in [4.69, 9.17) is 15.9 Å². The SMILES string of the molecule is CCNc1nc(NC(=O)N[C@H](C)c2ccccc2)cc(N)c1C(=N)OC. The average Bonchev–Trinajstić information content (AvgIpc) is 2.61. The van der Waals surface area contributed by atoms with Crippen LogP contribution in [0.15, 0.2) is 36.4 Å². The van der Waals surface area contributed by atoms with Gasteiger partial charge in [-0.15, -0.1) is 0 Å². The Balaban J connectivity index is 2.15. The highest BCUT2D eigenvalue weighted by atomic mass is 16.5. The van der Waals surface area contributed by atoms with E-state index in [0.717, 1.165) is 5.56 Å². The first-order valence-electron chi connectivity index (χ1n) is 8.26. The first-order chi connectivity index (χ1) is 12.5. The average molecular weight is 356 g/mol. The van der Waals surface area contributed by atoms with Crippen LogP contribution in [-0.2, 0) is 4.74 Å². The molecule has 0 radical (unpaired) electrons. The Kier molecular flexibility index (Phi) is 6.37. The first-order valence-corrected chi connectivity index (χ1v) is 8.26. The summed E-state index contributed by atoms with van der Waals surface area (Å²) < 4.78 is 4.95. The monoisotopic (exact) mass is 356 g/mol. The first kappa shape index (κ1) is 19.0. The standard InChI is InChI=1S/C18H24N6O2/c1-4-21-17-15(16(20)26-3)13(19)10-14(23-17)24-18(25)22-11(2)12-8-6-5-7-9-12/h5-11,20H,4H2,1-3H3,(H5,19,21,22,23,24,25)/t11-/m1/s1. The minimum atomic E-state index is -0.398. The zero-order chi connectivity index (χ0) is 19.1. The van der Waals surface area contributed by atoms with Crippen LogP contribution in [0.5, 0.6) is 0 Å². The zero-order valence-corrected chi connectivity index (χ0v) is 15.1. The molecule has 1 atom stereocenters. The van der Waals surface area contributed by atoms with Crippen LogP contribution in [-0.4, -0.2) is 30.6 Å². The minimum absolute atomic E-state index is 0.0975. The number of nitrogens with zero attached hydrogens (tertiary/aromatic N) is 1. The molecular formula is C18H24N6O2. The van der Waals surface area contributed by atoms with Crippen LogP contribution in [0, 0.1) is 5.41 Å². The Morgan fingerprint density at radius 3 is 2.65 bits per heavy atom. The zero-order valence-electron chi connectivity index (χ0n) is 15.1. The van der Waals surface area contributed by atoms with Crippen molar-refractivity contribution in [3.05, 3.63) is 47.5 Å². The van der Waals surface area contributed by atoms with E-state index in [9.17, 15) is 4.79 Å². The van der Waals surface area contributed by atoms with Crippen LogP contribution in [0.2, 0.25) is 0 Å². The highest BCUT2D eigenvalue weighted by Crippen LogP contribution is 2.25. The smallest absolute Gasteiger partial charge is 0.320 e. The lowest BCUT2D eigenvalue weighted by atomic mass is 10.1. The third-order valence-corrected chi connectivity index (χ3v) is 3.71. The Labute approximate surface area is 152 Å². The van der Waals surface area contributed by atoms with Gasteiger partial charge in [-0.1, -0.05) is 30.3 Å². The summed E-state index contributed by atoms with van der Waals surface area (Å²) in [5, 5.41) is 16.4. The number of anilines is 3. The molecule has 0 saturated carbocycles. The van der Waals surface area contributed by atoms with Crippen molar-refractivity contribution in [3.63, 3.8) is 0 Å². The highest BCUT2D eigenvalue weighted by Gasteiger charge is 2.17. The van der Waals surface area contributed by atoms with Gasteiger partial charge in [0.05, 0.1) is 18.8 Å². The third-order valence-electron chi connectivity index (χ3n) is 3.71. The number of nitrogens with one attached hydrogen (secondary N) is 4. The lowest BCUT2D eigenvalue weighted by Crippen LogP contribution is -2.31. The van der Waals surface area contributed by atoms with Crippen molar-refractivity contribution in [2.45, 2.75) is 19.9 Å². The van der Waals surface area contributed by atoms with E-state index in [-0.39, 0.29) is 23.4 Å². The van der Waals surface area contributed by atoms with Crippen LogP contribution < -0.4 is 21.7 Å². The van der Waals surface area contributed by atoms with Gasteiger partial charge in [-0.2, -0.15) is 0 Å². The molecule has 0 unspecified atom stereocenters. The van der Waals surface area contributed by atoms with Crippen LogP contribution in [0.3, 0.4) is 0 Å². The maximum atomic E-state index is 12.3. The van der Waals surface area contributed by atoms with Crippen LogP contribution in [0.25, 0.3) is 0 Å². The van der Waals surface area contributed by atoms with Crippen molar-refractivity contribution in [2.75, 3.05) is 30.0 Å². The van der Waals surface area contributed by atoms with E-state index >= 15 is 0 Å². The van der Waals surface area contributed by atoms with Crippen molar-refractivity contribution in [3.8, 4) is 0 Å². The molecule has 2 rings (SSSR count). The number of amides is 2. The maximum absolute atomic E-state index is 12.3. The number of hydrogen-bond acceptors (Lipinski definition) is 6. The molecule has 0 aliphatic rings. The summed E-state index contributed by atoms with van der Waals surface area (Å²) in [5.74, 6) is 0.564. The van der Waals surface area contributed by atoms with E-state index in [2.05, 4.69) is 20.9 Å². The highest BCUT2D eigenvalue weighted by molar-refractivity contribution is 6.03. The molecule has 6 N–H and O–H groups in total. The van der Waals surface area contributed by atoms with Crippen molar-refractivity contribution >= 4 is 29.3 Å². The molecule has 0 fully saturated rings. The number of ether oxygens (including phenoxy) is 1. The fraction of sp³-hybridized carbons (Fsp3) is 0.278. The lowest BCUT2D eigenvalue weighted by Gasteiger charge is -2.17. The molecule has 1 heterocycles. The molecule has 26 heavy (non-hydrogen) atoms. The number of methoxy groups -OCH3 is 1. The summed E-state index contributed by atoms with van der Waals surface area (Å²) in [4.78, 5) is 16.6. The van der Waals surface area contributed by atoms with Gasteiger partial charge in [0, 0.05) is 12.6 Å². The second-order valence-electron chi connectivity index (χ2n) is 5.61. The molecular weight excluding hydrogens is 332 g/mol. The van der Waals surface area contributed by atoms with Crippen LogP contribution in [0.1, 0.15) is 31.0 Å².